The van der Waals surface area contributed by atoms with Gasteiger partial charge in [0.05, 0.1) is 4.90 Å². The van der Waals surface area contributed by atoms with E-state index in [9.17, 15) is 28.1 Å². The van der Waals surface area contributed by atoms with Crippen LogP contribution in [0.5, 0.6) is 5.75 Å². The quantitative estimate of drug-likeness (QED) is 0.558. The fourth-order valence-corrected chi connectivity index (χ4v) is 3.41. The molecule has 0 spiro atoms. The van der Waals surface area contributed by atoms with Gasteiger partial charge in [0.1, 0.15) is 6.54 Å². The Balaban J connectivity index is 1.82. The van der Waals surface area contributed by atoms with Crippen molar-refractivity contribution in [2.75, 3.05) is 18.1 Å². The number of hydrogen-bond acceptors (Lipinski definition) is 8. The summed E-state index contributed by atoms with van der Waals surface area (Å²) in [5, 5.41) is 10.9. The molecule has 2 heterocycles. The molecule has 0 aliphatic carbocycles. The lowest BCUT2D eigenvalue weighted by Gasteiger charge is -2.24. The first-order valence-corrected chi connectivity index (χ1v) is 9.36. The maximum Gasteiger partial charge on any atom is 0.366 e. The topological polar surface area (TPSA) is 149 Å². The molecule has 0 fully saturated rings. The number of aromatic nitrogens is 1. The number of pyridine rings is 1. The SMILES string of the molecule is Cc1ccc(S(=O)(=O)NC(=O)CN2C(=O)COc3ccc([N+](=O)[O-])nc32)cc1. The third kappa shape index (κ3) is 3.91. The minimum Gasteiger partial charge on any atom is -0.477 e. The van der Waals surface area contributed by atoms with Gasteiger partial charge in [-0.25, -0.2) is 13.1 Å². The van der Waals surface area contributed by atoms with E-state index < -0.39 is 45.7 Å². The zero-order valence-electron chi connectivity index (χ0n) is 14.5. The molecular formula is C16H14N4O7S. The van der Waals surface area contributed by atoms with Crippen LogP contribution in [0.1, 0.15) is 5.56 Å². The molecule has 0 radical (unpaired) electrons. The average Bonchev–Trinajstić information content (AvgIpc) is 2.63. The number of rotatable bonds is 5. The van der Waals surface area contributed by atoms with Gasteiger partial charge in [-0.1, -0.05) is 17.7 Å². The fraction of sp³-hybridized carbons (Fsp3) is 0.188. The predicted molar refractivity (Wildman–Crippen MR) is 95.2 cm³/mol. The molecule has 0 bridgehead atoms. The van der Waals surface area contributed by atoms with Gasteiger partial charge in [-0.3, -0.25) is 14.5 Å². The lowest BCUT2D eigenvalue weighted by atomic mass is 10.2. The van der Waals surface area contributed by atoms with E-state index in [2.05, 4.69) is 4.98 Å². The van der Waals surface area contributed by atoms with Crippen molar-refractivity contribution >= 4 is 33.5 Å². The molecule has 2 amide bonds. The highest BCUT2D eigenvalue weighted by atomic mass is 32.2. The Morgan fingerprint density at radius 1 is 1.29 bits per heavy atom. The third-order valence-corrected chi connectivity index (χ3v) is 5.19. The van der Waals surface area contributed by atoms with Crippen LogP contribution < -0.4 is 14.4 Å². The zero-order chi connectivity index (χ0) is 20.5. The van der Waals surface area contributed by atoms with Gasteiger partial charge < -0.3 is 14.9 Å². The van der Waals surface area contributed by atoms with E-state index in [-0.39, 0.29) is 16.5 Å². The minimum atomic E-state index is -4.14. The van der Waals surface area contributed by atoms with Crippen molar-refractivity contribution in [3.05, 3.63) is 52.1 Å². The number of anilines is 1. The highest BCUT2D eigenvalue weighted by Gasteiger charge is 2.34. The number of carbonyl (C=O) groups is 2. The van der Waals surface area contributed by atoms with E-state index in [1.54, 1.807) is 19.1 Å². The number of ether oxygens (including phenoxy) is 1. The Hall–Kier alpha value is -3.54. The van der Waals surface area contributed by atoms with Gasteiger partial charge in [-0.15, -0.1) is 0 Å². The predicted octanol–water partition coefficient (Wildman–Crippen LogP) is 0.529. The van der Waals surface area contributed by atoms with E-state index in [0.29, 0.717) is 0 Å². The van der Waals surface area contributed by atoms with E-state index in [1.807, 2.05) is 4.72 Å². The van der Waals surface area contributed by atoms with Crippen LogP contribution >= 0.6 is 0 Å². The van der Waals surface area contributed by atoms with Crippen molar-refractivity contribution in [2.24, 2.45) is 0 Å². The van der Waals surface area contributed by atoms with E-state index in [1.165, 1.54) is 18.2 Å². The van der Waals surface area contributed by atoms with Crippen LogP contribution in [0.4, 0.5) is 11.6 Å². The molecule has 0 unspecified atom stereocenters. The molecule has 0 atom stereocenters. The number of benzene rings is 1. The van der Waals surface area contributed by atoms with Crippen molar-refractivity contribution in [3.8, 4) is 5.75 Å². The molecule has 1 aliphatic heterocycles. The largest absolute Gasteiger partial charge is 0.477 e. The van der Waals surface area contributed by atoms with E-state index in [0.717, 1.165) is 16.5 Å². The van der Waals surface area contributed by atoms with Crippen molar-refractivity contribution in [1.82, 2.24) is 9.71 Å². The van der Waals surface area contributed by atoms with Gasteiger partial charge in [0.15, 0.2) is 12.4 Å². The number of aryl methyl sites for hydroxylation is 1. The molecule has 1 aromatic carbocycles. The number of hydrogen-bond donors (Lipinski definition) is 1. The van der Waals surface area contributed by atoms with Crippen molar-refractivity contribution in [2.45, 2.75) is 11.8 Å². The number of nitrogens with zero attached hydrogens (tertiary/aromatic N) is 3. The molecule has 1 aromatic heterocycles. The Bertz CT molecular complexity index is 1070. The molecule has 0 saturated heterocycles. The molecule has 1 aliphatic rings. The summed E-state index contributed by atoms with van der Waals surface area (Å²) in [6.45, 7) is 0.668. The summed E-state index contributed by atoms with van der Waals surface area (Å²) in [4.78, 5) is 38.9. The maximum atomic E-state index is 12.3. The van der Waals surface area contributed by atoms with Crippen LogP contribution in [-0.4, -0.2) is 43.3 Å². The van der Waals surface area contributed by atoms with Gasteiger partial charge >= 0.3 is 5.82 Å². The molecule has 3 rings (SSSR count). The summed E-state index contributed by atoms with van der Waals surface area (Å²) in [5.74, 6) is -2.40. The number of fused-ring (bicyclic) bond motifs is 1. The van der Waals surface area contributed by atoms with Crippen molar-refractivity contribution in [3.63, 3.8) is 0 Å². The van der Waals surface area contributed by atoms with Gasteiger partial charge in [0.25, 0.3) is 27.7 Å². The number of nitro groups is 1. The standard InChI is InChI=1S/C16H14N4O7S/c1-10-2-4-11(5-3-10)28(25,26)18-14(21)8-19-15(22)9-27-12-6-7-13(20(23)24)17-16(12)19/h2-7H,8-9H2,1H3,(H,18,21). The van der Waals surface area contributed by atoms with Gasteiger partial charge in [-0.05, 0) is 35.0 Å². The summed E-state index contributed by atoms with van der Waals surface area (Å²) in [6.07, 6.45) is 0. The minimum absolute atomic E-state index is 0.0689. The molecule has 12 heteroatoms. The molecule has 2 aromatic rings. The van der Waals surface area contributed by atoms with Crippen LogP contribution in [0.2, 0.25) is 0 Å². The molecule has 28 heavy (non-hydrogen) atoms. The fourth-order valence-electron chi connectivity index (χ4n) is 2.43. The second-order valence-electron chi connectivity index (χ2n) is 5.86. The lowest BCUT2D eigenvalue weighted by Crippen LogP contribution is -2.46. The monoisotopic (exact) mass is 406 g/mol. The highest BCUT2D eigenvalue weighted by molar-refractivity contribution is 7.90. The second-order valence-corrected chi connectivity index (χ2v) is 7.54. The first-order valence-electron chi connectivity index (χ1n) is 7.88. The number of sulfonamides is 1. The summed E-state index contributed by atoms with van der Waals surface area (Å²) < 4.78 is 31.6. The summed E-state index contributed by atoms with van der Waals surface area (Å²) >= 11 is 0. The molecule has 0 saturated carbocycles. The van der Waals surface area contributed by atoms with Gasteiger partial charge in [0, 0.05) is 6.07 Å². The normalized spacial score (nSPS) is 13.5. The smallest absolute Gasteiger partial charge is 0.366 e. The summed E-state index contributed by atoms with van der Waals surface area (Å²) in [5.41, 5.74) is 0.841. The maximum absolute atomic E-state index is 12.3. The van der Waals surface area contributed by atoms with E-state index >= 15 is 0 Å². The Morgan fingerprint density at radius 3 is 2.61 bits per heavy atom. The van der Waals surface area contributed by atoms with Crippen molar-refractivity contribution < 1.29 is 27.7 Å². The molecular weight excluding hydrogens is 392 g/mol. The van der Waals surface area contributed by atoms with Gasteiger partial charge in [-0.2, -0.15) is 0 Å². The first kappa shape index (κ1) is 19.2. The lowest BCUT2D eigenvalue weighted by molar-refractivity contribution is -0.389. The van der Waals surface area contributed by atoms with Crippen LogP contribution in [0.25, 0.3) is 0 Å². The summed E-state index contributed by atoms with van der Waals surface area (Å²) in [7, 11) is -4.14. The Morgan fingerprint density at radius 2 is 1.96 bits per heavy atom. The average molecular weight is 406 g/mol. The molecule has 146 valence electrons. The van der Waals surface area contributed by atoms with E-state index in [4.69, 9.17) is 4.74 Å². The Labute approximate surface area is 159 Å². The van der Waals surface area contributed by atoms with Crippen LogP contribution in [-0.2, 0) is 19.6 Å². The van der Waals surface area contributed by atoms with Crippen LogP contribution in [0, 0.1) is 17.0 Å². The molecule has 1 N–H and O–H groups in total. The Kier molecular flexibility index (Phi) is 4.96. The van der Waals surface area contributed by atoms with Crippen molar-refractivity contribution in [1.29, 1.82) is 0 Å². The zero-order valence-corrected chi connectivity index (χ0v) is 15.3. The number of amides is 2. The second kappa shape index (κ2) is 7.23. The van der Waals surface area contributed by atoms with Crippen LogP contribution in [0.3, 0.4) is 0 Å². The number of nitrogens with one attached hydrogen (secondary N) is 1. The van der Waals surface area contributed by atoms with Crippen LogP contribution in [0.15, 0.2) is 41.3 Å². The third-order valence-electron chi connectivity index (χ3n) is 3.80. The first-order chi connectivity index (χ1) is 13.2. The number of carbonyl (C=O) groups excluding carboxylic acids is 2. The van der Waals surface area contributed by atoms with Gasteiger partial charge in [0.2, 0.25) is 0 Å². The summed E-state index contributed by atoms with van der Waals surface area (Å²) in [6, 6.07) is 8.17. The molecule has 11 nitrogen and oxygen atoms in total. The highest BCUT2D eigenvalue weighted by Crippen LogP contribution is 2.31.